The highest BCUT2D eigenvalue weighted by Crippen LogP contribution is 2.35. The number of nitrogens with one attached hydrogen (secondary N) is 1. The van der Waals surface area contributed by atoms with Crippen LogP contribution in [0.25, 0.3) is 0 Å². The van der Waals surface area contributed by atoms with Gasteiger partial charge in [0.2, 0.25) is 0 Å². The molecule has 2 bridgehead atoms. The summed E-state index contributed by atoms with van der Waals surface area (Å²) in [5, 5.41) is 12.9. The average Bonchev–Trinajstić information content (AvgIpc) is 2.59. The molecular weight excluding hydrogens is 264 g/mol. The van der Waals surface area contributed by atoms with Gasteiger partial charge >= 0.3 is 6.03 Å². The number of amides is 2. The van der Waals surface area contributed by atoms with Crippen LogP contribution >= 0.6 is 0 Å². The number of nitrogens with zero attached hydrogens (tertiary/aromatic N) is 1. The summed E-state index contributed by atoms with van der Waals surface area (Å²) in [7, 11) is 0. The fourth-order valence-corrected chi connectivity index (χ4v) is 4.14. The second kappa shape index (κ2) is 6.55. The summed E-state index contributed by atoms with van der Waals surface area (Å²) in [4.78, 5) is 14.4. The lowest BCUT2D eigenvalue weighted by molar-refractivity contribution is 0.0542. The van der Waals surface area contributed by atoms with E-state index in [-0.39, 0.29) is 24.2 Å². The van der Waals surface area contributed by atoms with Crippen LogP contribution in [0, 0.1) is 11.3 Å². The molecule has 0 aromatic rings. The number of aliphatic hydroxyl groups excluding tert-OH is 1. The summed E-state index contributed by atoms with van der Waals surface area (Å²) in [5.74, 6) is 0.630. The number of aliphatic hydroxyl groups is 1. The summed E-state index contributed by atoms with van der Waals surface area (Å²) in [6.45, 7) is 9.81. The maximum atomic E-state index is 12.4. The van der Waals surface area contributed by atoms with E-state index in [0.29, 0.717) is 11.3 Å². The van der Waals surface area contributed by atoms with Crippen LogP contribution < -0.4 is 5.32 Å². The lowest BCUT2D eigenvalue weighted by Crippen LogP contribution is -2.52. The van der Waals surface area contributed by atoms with Gasteiger partial charge in [-0.25, -0.2) is 4.79 Å². The van der Waals surface area contributed by atoms with Crippen molar-refractivity contribution in [3.8, 4) is 0 Å². The molecule has 3 atom stereocenters. The number of hydrogen-bond acceptors (Lipinski definition) is 2. The molecule has 2 aliphatic heterocycles. The molecule has 2 amide bonds. The van der Waals surface area contributed by atoms with E-state index in [1.807, 2.05) is 4.90 Å². The lowest BCUT2D eigenvalue weighted by atomic mass is 9.84. The summed E-state index contributed by atoms with van der Waals surface area (Å²) >= 11 is 0. The van der Waals surface area contributed by atoms with Crippen LogP contribution in [0.2, 0.25) is 0 Å². The number of piperidine rings is 1. The largest absolute Gasteiger partial charge is 0.393 e. The molecule has 0 aromatic heterocycles. The quantitative estimate of drug-likeness (QED) is 0.837. The van der Waals surface area contributed by atoms with Gasteiger partial charge in [-0.2, -0.15) is 0 Å². The smallest absolute Gasteiger partial charge is 0.317 e. The molecule has 122 valence electrons. The number of fused-ring (bicyclic) bond motifs is 2. The Morgan fingerprint density at radius 2 is 1.86 bits per heavy atom. The zero-order valence-electron chi connectivity index (χ0n) is 14.1. The molecule has 2 heterocycles. The van der Waals surface area contributed by atoms with Crippen LogP contribution in [0.1, 0.15) is 66.2 Å². The van der Waals surface area contributed by atoms with Gasteiger partial charge < -0.3 is 15.3 Å². The Bertz CT molecular complexity index is 350. The van der Waals surface area contributed by atoms with Gasteiger partial charge in [0, 0.05) is 18.6 Å². The first-order valence-electron chi connectivity index (χ1n) is 8.50. The molecule has 2 N–H and O–H groups in total. The van der Waals surface area contributed by atoms with E-state index < -0.39 is 0 Å². The van der Waals surface area contributed by atoms with Crippen molar-refractivity contribution in [3.63, 3.8) is 0 Å². The van der Waals surface area contributed by atoms with Gasteiger partial charge in [-0.15, -0.1) is 0 Å². The first-order valence-corrected chi connectivity index (χ1v) is 8.50. The molecule has 0 aliphatic carbocycles. The van der Waals surface area contributed by atoms with Gasteiger partial charge in [-0.3, -0.25) is 0 Å². The van der Waals surface area contributed by atoms with E-state index in [2.05, 4.69) is 33.0 Å². The highest BCUT2D eigenvalue weighted by Gasteiger charge is 2.42. The van der Waals surface area contributed by atoms with E-state index in [0.717, 1.165) is 38.6 Å². The molecule has 4 nitrogen and oxygen atoms in total. The van der Waals surface area contributed by atoms with Gasteiger partial charge in [0.05, 0.1) is 6.10 Å². The monoisotopic (exact) mass is 296 g/mol. The number of carbonyl (C=O) groups is 1. The normalized spacial score (nSPS) is 30.3. The summed E-state index contributed by atoms with van der Waals surface area (Å²) < 4.78 is 0. The van der Waals surface area contributed by atoms with Gasteiger partial charge in [0.25, 0.3) is 0 Å². The van der Waals surface area contributed by atoms with Crippen molar-refractivity contribution in [1.29, 1.82) is 0 Å². The number of urea groups is 1. The van der Waals surface area contributed by atoms with Gasteiger partial charge in [0.1, 0.15) is 0 Å². The topological polar surface area (TPSA) is 52.6 Å². The minimum Gasteiger partial charge on any atom is -0.393 e. The maximum absolute atomic E-state index is 12.4. The molecule has 2 aliphatic rings. The van der Waals surface area contributed by atoms with Gasteiger partial charge in [-0.1, -0.05) is 27.7 Å². The average molecular weight is 296 g/mol. The minimum absolute atomic E-state index is 0.0809. The van der Waals surface area contributed by atoms with E-state index >= 15 is 0 Å². The van der Waals surface area contributed by atoms with Crippen molar-refractivity contribution in [3.05, 3.63) is 0 Å². The zero-order valence-corrected chi connectivity index (χ0v) is 14.1. The van der Waals surface area contributed by atoms with Crippen LogP contribution in [0.5, 0.6) is 0 Å². The van der Waals surface area contributed by atoms with Crippen molar-refractivity contribution in [2.24, 2.45) is 11.3 Å². The molecule has 2 fully saturated rings. The van der Waals surface area contributed by atoms with Crippen LogP contribution in [-0.4, -0.2) is 40.8 Å². The Morgan fingerprint density at radius 3 is 2.38 bits per heavy atom. The summed E-state index contributed by atoms with van der Waals surface area (Å²) in [5.41, 5.74) is 0.353. The molecular formula is C17H32N2O2. The summed E-state index contributed by atoms with van der Waals surface area (Å²) in [6, 6.07) is 0.592. The van der Waals surface area contributed by atoms with Crippen LogP contribution in [-0.2, 0) is 0 Å². The molecule has 2 saturated heterocycles. The molecule has 0 aromatic carbocycles. The van der Waals surface area contributed by atoms with Crippen LogP contribution in [0.3, 0.4) is 0 Å². The Morgan fingerprint density at radius 1 is 1.29 bits per heavy atom. The predicted molar refractivity (Wildman–Crippen MR) is 85.1 cm³/mol. The zero-order chi connectivity index (χ0) is 15.6. The molecule has 0 saturated carbocycles. The van der Waals surface area contributed by atoms with Crippen molar-refractivity contribution in [1.82, 2.24) is 10.2 Å². The molecule has 4 heteroatoms. The Hall–Kier alpha value is -0.770. The van der Waals surface area contributed by atoms with Gasteiger partial charge in [-0.05, 0) is 49.9 Å². The summed E-state index contributed by atoms with van der Waals surface area (Å²) in [6.07, 6.45) is 5.62. The third kappa shape index (κ3) is 4.60. The Kier molecular flexibility index (Phi) is 5.18. The third-order valence-electron chi connectivity index (χ3n) is 4.82. The molecule has 0 unspecified atom stereocenters. The highest BCUT2D eigenvalue weighted by molar-refractivity contribution is 5.75. The fourth-order valence-electron chi connectivity index (χ4n) is 4.14. The van der Waals surface area contributed by atoms with E-state index in [1.54, 1.807) is 0 Å². The molecule has 0 radical (unpaired) electrons. The van der Waals surface area contributed by atoms with Crippen molar-refractivity contribution in [2.45, 2.75) is 84.4 Å². The fraction of sp³-hybridized carbons (Fsp3) is 0.941. The first-order chi connectivity index (χ1) is 9.76. The van der Waals surface area contributed by atoms with E-state index in [1.165, 1.54) is 6.42 Å². The predicted octanol–water partition coefficient (Wildman–Crippen LogP) is 3.15. The Balaban J connectivity index is 1.73. The van der Waals surface area contributed by atoms with Crippen molar-refractivity contribution >= 4 is 6.03 Å². The Labute approximate surface area is 129 Å². The SMILES string of the molecule is C[C@H](CCNC(=O)N1[C@H]2CC[C@H]1CC(O)C2)CC(C)(C)C. The first kappa shape index (κ1) is 16.6. The number of carbonyl (C=O) groups excluding carboxylic acids is 1. The minimum atomic E-state index is -0.210. The molecule has 2 rings (SSSR count). The highest BCUT2D eigenvalue weighted by atomic mass is 16.3. The van der Waals surface area contributed by atoms with Crippen LogP contribution in [0.15, 0.2) is 0 Å². The molecule has 0 spiro atoms. The number of rotatable bonds is 4. The third-order valence-corrected chi connectivity index (χ3v) is 4.82. The van der Waals surface area contributed by atoms with Gasteiger partial charge in [0.15, 0.2) is 0 Å². The van der Waals surface area contributed by atoms with E-state index in [9.17, 15) is 9.90 Å². The van der Waals surface area contributed by atoms with Crippen molar-refractivity contribution in [2.75, 3.05) is 6.54 Å². The number of hydrogen-bond donors (Lipinski definition) is 2. The van der Waals surface area contributed by atoms with E-state index in [4.69, 9.17) is 0 Å². The standard InChI is InChI=1S/C17H32N2O2/c1-12(11-17(2,3)4)7-8-18-16(21)19-13-5-6-14(19)10-15(20)9-13/h12-15,20H,5-11H2,1-4H3,(H,18,21)/t12-,13+,14+/m1/s1. The second-order valence-electron chi connectivity index (χ2n) is 8.31. The molecule has 21 heavy (non-hydrogen) atoms. The van der Waals surface area contributed by atoms with Crippen LogP contribution in [0.4, 0.5) is 4.79 Å². The lowest BCUT2D eigenvalue weighted by Gasteiger charge is -2.37. The van der Waals surface area contributed by atoms with Crippen molar-refractivity contribution < 1.29 is 9.90 Å². The maximum Gasteiger partial charge on any atom is 0.317 e. The second-order valence-corrected chi connectivity index (χ2v) is 8.31.